The number of halogens is 2. The van der Waals surface area contributed by atoms with Crippen molar-refractivity contribution < 1.29 is 4.39 Å². The Hall–Kier alpha value is -0.100. The standard InChI is InChI=1S/C16H24BrFN2S/c1-3-6-19-15(16-11-21-8-7-20(16)2)10-12-9-13(18)4-5-14(12)17/h4-5,9,15-16,19H,3,6-8,10-11H2,1-2H3. The molecule has 1 aliphatic rings. The second-order valence-corrected chi connectivity index (χ2v) is 7.63. The van der Waals surface area contributed by atoms with Gasteiger partial charge in [0.15, 0.2) is 0 Å². The van der Waals surface area contributed by atoms with Gasteiger partial charge in [-0.15, -0.1) is 0 Å². The molecule has 0 saturated carbocycles. The molecule has 0 aliphatic carbocycles. The maximum atomic E-state index is 13.5. The number of nitrogens with one attached hydrogen (secondary N) is 1. The van der Waals surface area contributed by atoms with Gasteiger partial charge in [-0.1, -0.05) is 22.9 Å². The summed E-state index contributed by atoms with van der Waals surface area (Å²) in [4.78, 5) is 2.44. The van der Waals surface area contributed by atoms with Gasteiger partial charge in [0.25, 0.3) is 0 Å². The summed E-state index contributed by atoms with van der Waals surface area (Å²) in [5.41, 5.74) is 1.05. The Morgan fingerprint density at radius 1 is 1.52 bits per heavy atom. The lowest BCUT2D eigenvalue weighted by atomic mass is 9.99. The van der Waals surface area contributed by atoms with Gasteiger partial charge in [-0.05, 0) is 50.2 Å². The Bertz CT molecular complexity index is 458. The molecular weight excluding hydrogens is 351 g/mol. The number of hydrogen-bond donors (Lipinski definition) is 1. The van der Waals surface area contributed by atoms with Crippen LogP contribution in [-0.4, -0.2) is 48.6 Å². The van der Waals surface area contributed by atoms with E-state index in [1.54, 1.807) is 12.1 Å². The van der Waals surface area contributed by atoms with Gasteiger partial charge in [-0.25, -0.2) is 4.39 Å². The molecule has 1 aromatic rings. The molecular formula is C16H24BrFN2S. The fourth-order valence-corrected chi connectivity index (χ4v) is 4.46. The molecule has 118 valence electrons. The molecule has 2 unspecified atom stereocenters. The van der Waals surface area contributed by atoms with Crippen LogP contribution in [0.1, 0.15) is 18.9 Å². The van der Waals surface area contributed by atoms with E-state index in [0.717, 1.165) is 41.7 Å². The van der Waals surface area contributed by atoms with Crippen molar-refractivity contribution >= 4 is 27.7 Å². The van der Waals surface area contributed by atoms with Gasteiger partial charge < -0.3 is 10.2 Å². The first-order valence-corrected chi connectivity index (χ1v) is 9.52. The van der Waals surface area contributed by atoms with Crippen LogP contribution >= 0.6 is 27.7 Å². The maximum absolute atomic E-state index is 13.5. The normalized spacial score (nSPS) is 21.4. The van der Waals surface area contributed by atoms with Crippen LogP contribution in [-0.2, 0) is 6.42 Å². The zero-order chi connectivity index (χ0) is 15.2. The predicted molar refractivity (Wildman–Crippen MR) is 93.6 cm³/mol. The molecule has 1 aromatic carbocycles. The molecule has 2 rings (SSSR count). The lowest BCUT2D eigenvalue weighted by Gasteiger charge is -2.38. The highest BCUT2D eigenvalue weighted by atomic mass is 79.9. The van der Waals surface area contributed by atoms with Crippen LogP contribution in [0, 0.1) is 5.82 Å². The van der Waals surface area contributed by atoms with Crippen molar-refractivity contribution in [2.75, 3.05) is 31.6 Å². The maximum Gasteiger partial charge on any atom is 0.123 e. The molecule has 2 atom stereocenters. The van der Waals surface area contributed by atoms with Gasteiger partial charge in [0, 0.05) is 34.6 Å². The van der Waals surface area contributed by atoms with E-state index >= 15 is 0 Å². The molecule has 0 radical (unpaired) electrons. The van der Waals surface area contributed by atoms with Crippen molar-refractivity contribution in [2.24, 2.45) is 0 Å². The molecule has 1 N–H and O–H groups in total. The van der Waals surface area contributed by atoms with E-state index < -0.39 is 0 Å². The fraction of sp³-hybridized carbons (Fsp3) is 0.625. The van der Waals surface area contributed by atoms with Crippen molar-refractivity contribution in [3.8, 4) is 0 Å². The summed E-state index contributed by atoms with van der Waals surface area (Å²) in [6, 6.07) is 5.83. The molecule has 1 aliphatic heterocycles. The summed E-state index contributed by atoms with van der Waals surface area (Å²) in [5, 5.41) is 3.67. The van der Waals surface area contributed by atoms with E-state index in [4.69, 9.17) is 0 Å². The minimum absolute atomic E-state index is 0.159. The van der Waals surface area contributed by atoms with E-state index in [0.29, 0.717) is 12.1 Å². The first kappa shape index (κ1) is 17.3. The second kappa shape index (κ2) is 8.51. The van der Waals surface area contributed by atoms with Gasteiger partial charge in [0.05, 0.1) is 0 Å². The lowest BCUT2D eigenvalue weighted by molar-refractivity contribution is 0.213. The third-order valence-corrected chi connectivity index (χ3v) is 5.83. The van der Waals surface area contributed by atoms with Crippen molar-refractivity contribution in [3.63, 3.8) is 0 Å². The third-order valence-electron chi connectivity index (χ3n) is 4.01. The highest BCUT2D eigenvalue weighted by Gasteiger charge is 2.28. The third kappa shape index (κ3) is 4.95. The molecule has 0 bridgehead atoms. The van der Waals surface area contributed by atoms with Crippen LogP contribution in [0.15, 0.2) is 22.7 Å². The molecule has 0 aromatic heterocycles. The Balaban J connectivity index is 2.13. The Labute approximate surface area is 140 Å². The summed E-state index contributed by atoms with van der Waals surface area (Å²) < 4.78 is 14.5. The highest BCUT2D eigenvalue weighted by molar-refractivity contribution is 9.10. The predicted octanol–water partition coefficient (Wildman–Crippen LogP) is 3.55. The van der Waals surface area contributed by atoms with E-state index in [1.165, 1.54) is 11.8 Å². The molecule has 0 amide bonds. The Kier molecular flexibility index (Phi) is 6.99. The largest absolute Gasteiger partial charge is 0.312 e. The van der Waals surface area contributed by atoms with Gasteiger partial charge in [0.1, 0.15) is 5.82 Å². The van der Waals surface area contributed by atoms with Crippen LogP contribution < -0.4 is 5.32 Å². The molecule has 1 heterocycles. The zero-order valence-electron chi connectivity index (χ0n) is 12.7. The van der Waals surface area contributed by atoms with E-state index in [9.17, 15) is 4.39 Å². The number of likely N-dealkylation sites (N-methyl/N-ethyl adjacent to an activating group) is 1. The van der Waals surface area contributed by atoms with E-state index in [-0.39, 0.29) is 5.82 Å². The molecule has 21 heavy (non-hydrogen) atoms. The Morgan fingerprint density at radius 3 is 3.05 bits per heavy atom. The van der Waals surface area contributed by atoms with Crippen LogP contribution in [0.5, 0.6) is 0 Å². The van der Waals surface area contributed by atoms with Crippen molar-refractivity contribution in [1.82, 2.24) is 10.2 Å². The summed E-state index contributed by atoms with van der Waals surface area (Å²) in [5.74, 6) is 2.19. The minimum Gasteiger partial charge on any atom is -0.312 e. The minimum atomic E-state index is -0.159. The fourth-order valence-electron chi connectivity index (χ4n) is 2.74. The monoisotopic (exact) mass is 374 g/mol. The lowest BCUT2D eigenvalue weighted by Crippen LogP contribution is -2.53. The molecule has 5 heteroatoms. The van der Waals surface area contributed by atoms with Gasteiger partial charge in [0.2, 0.25) is 0 Å². The van der Waals surface area contributed by atoms with Crippen molar-refractivity contribution in [1.29, 1.82) is 0 Å². The number of rotatable bonds is 6. The summed E-state index contributed by atoms with van der Waals surface area (Å²) in [6.45, 7) is 4.32. The molecule has 2 nitrogen and oxygen atoms in total. The molecule has 0 spiro atoms. The summed E-state index contributed by atoms with van der Waals surface area (Å²) >= 11 is 5.57. The smallest absolute Gasteiger partial charge is 0.123 e. The second-order valence-electron chi connectivity index (χ2n) is 5.62. The number of hydrogen-bond acceptors (Lipinski definition) is 3. The number of benzene rings is 1. The van der Waals surface area contributed by atoms with E-state index in [2.05, 4.69) is 40.1 Å². The highest BCUT2D eigenvalue weighted by Crippen LogP contribution is 2.24. The topological polar surface area (TPSA) is 15.3 Å². The quantitative estimate of drug-likeness (QED) is 0.819. The first-order valence-electron chi connectivity index (χ1n) is 7.57. The average molecular weight is 375 g/mol. The SMILES string of the molecule is CCCNC(Cc1cc(F)ccc1Br)C1CSCCN1C. The molecule has 1 fully saturated rings. The van der Waals surface area contributed by atoms with Crippen LogP contribution in [0.3, 0.4) is 0 Å². The van der Waals surface area contributed by atoms with Gasteiger partial charge >= 0.3 is 0 Å². The van der Waals surface area contributed by atoms with Gasteiger partial charge in [-0.2, -0.15) is 11.8 Å². The Morgan fingerprint density at radius 2 is 2.33 bits per heavy atom. The van der Waals surface area contributed by atoms with Crippen LogP contribution in [0.25, 0.3) is 0 Å². The average Bonchev–Trinajstić information content (AvgIpc) is 2.48. The summed E-state index contributed by atoms with van der Waals surface area (Å²) in [7, 11) is 2.20. The van der Waals surface area contributed by atoms with E-state index in [1.807, 2.05) is 11.8 Å². The van der Waals surface area contributed by atoms with Crippen LogP contribution in [0.4, 0.5) is 4.39 Å². The van der Waals surface area contributed by atoms with Gasteiger partial charge in [-0.3, -0.25) is 0 Å². The molecule has 1 saturated heterocycles. The number of nitrogens with zero attached hydrogens (tertiary/aromatic N) is 1. The zero-order valence-corrected chi connectivity index (χ0v) is 15.1. The summed E-state index contributed by atoms with van der Waals surface area (Å²) in [6.07, 6.45) is 1.97. The van der Waals surface area contributed by atoms with Crippen molar-refractivity contribution in [2.45, 2.75) is 31.8 Å². The van der Waals surface area contributed by atoms with Crippen molar-refractivity contribution in [3.05, 3.63) is 34.1 Å². The first-order chi connectivity index (χ1) is 10.1. The van der Waals surface area contributed by atoms with Crippen LogP contribution in [0.2, 0.25) is 0 Å². The number of thioether (sulfide) groups is 1.